The van der Waals surface area contributed by atoms with Crippen LogP contribution in [0.3, 0.4) is 0 Å². The number of amides is 1. The zero-order chi connectivity index (χ0) is 24.8. The van der Waals surface area contributed by atoms with E-state index in [1.54, 1.807) is 13.0 Å². The van der Waals surface area contributed by atoms with E-state index in [0.29, 0.717) is 17.9 Å². The van der Waals surface area contributed by atoms with Crippen molar-refractivity contribution in [1.82, 2.24) is 9.80 Å². The molecule has 0 saturated carbocycles. The second kappa shape index (κ2) is 13.0. The minimum Gasteiger partial charge on any atom is -0.465 e. The summed E-state index contributed by atoms with van der Waals surface area (Å²) in [6.45, 7) is 5.91. The van der Waals surface area contributed by atoms with Crippen molar-refractivity contribution in [1.29, 1.82) is 0 Å². The summed E-state index contributed by atoms with van der Waals surface area (Å²) < 4.78 is 4.84. The number of fused-ring (bicyclic) bond motifs is 1. The molecule has 0 aromatic heterocycles. The van der Waals surface area contributed by atoms with Crippen molar-refractivity contribution < 1.29 is 19.1 Å². The lowest BCUT2D eigenvalue weighted by Gasteiger charge is -2.31. The highest BCUT2D eigenvalue weighted by atomic mass is 35.5. The van der Waals surface area contributed by atoms with Gasteiger partial charge in [-0.2, -0.15) is 0 Å². The van der Waals surface area contributed by atoms with E-state index in [1.807, 2.05) is 29.2 Å². The van der Waals surface area contributed by atoms with E-state index in [9.17, 15) is 14.4 Å². The summed E-state index contributed by atoms with van der Waals surface area (Å²) >= 11 is 0. The van der Waals surface area contributed by atoms with Crippen LogP contribution in [-0.2, 0) is 28.9 Å². The Morgan fingerprint density at radius 3 is 2.33 bits per heavy atom. The first-order valence-corrected chi connectivity index (χ1v) is 12.7. The second-order valence-corrected chi connectivity index (χ2v) is 9.86. The smallest absolute Gasteiger partial charge is 0.337 e. The molecule has 2 aromatic carbocycles. The van der Waals surface area contributed by atoms with Crippen LogP contribution in [0.25, 0.3) is 0 Å². The van der Waals surface area contributed by atoms with Crippen molar-refractivity contribution in [3.63, 3.8) is 0 Å². The number of hydrogen-bond donors (Lipinski definition) is 0. The summed E-state index contributed by atoms with van der Waals surface area (Å²) in [6, 6.07) is 13.9. The van der Waals surface area contributed by atoms with Crippen LogP contribution in [0.1, 0.15) is 70.0 Å². The molecule has 0 bridgehead atoms. The molecule has 0 atom stereocenters. The SMILES string of the molecule is COC(=O)c1cccc(CN2CCc3ccc(C(=O)CCC4CCN(C(C)=O)CC4)cc3CC2)c1.Cl. The number of carbonyl (C=O) groups excluding carboxylic acids is 3. The van der Waals surface area contributed by atoms with Crippen molar-refractivity contribution >= 4 is 30.1 Å². The molecule has 0 spiro atoms. The second-order valence-electron chi connectivity index (χ2n) is 9.86. The molecule has 0 aliphatic carbocycles. The Hall–Kier alpha value is -2.70. The summed E-state index contributed by atoms with van der Waals surface area (Å²) in [6.07, 6.45) is 5.34. The molecule has 194 valence electrons. The van der Waals surface area contributed by atoms with E-state index in [1.165, 1.54) is 18.2 Å². The third kappa shape index (κ3) is 7.17. The van der Waals surface area contributed by atoms with Crippen LogP contribution in [0.15, 0.2) is 42.5 Å². The predicted molar refractivity (Wildman–Crippen MR) is 143 cm³/mol. The van der Waals surface area contributed by atoms with Gasteiger partial charge in [0.05, 0.1) is 12.7 Å². The van der Waals surface area contributed by atoms with E-state index >= 15 is 0 Å². The topological polar surface area (TPSA) is 66.9 Å². The fraction of sp³-hybridized carbons (Fsp3) is 0.483. The van der Waals surface area contributed by atoms with Crippen LogP contribution in [0.4, 0.5) is 0 Å². The number of carbonyl (C=O) groups is 3. The summed E-state index contributed by atoms with van der Waals surface area (Å²) in [5, 5.41) is 0. The Balaban J connectivity index is 0.00000361. The fourth-order valence-electron chi connectivity index (χ4n) is 5.29. The molecule has 7 heteroatoms. The van der Waals surface area contributed by atoms with Crippen LogP contribution in [0.5, 0.6) is 0 Å². The van der Waals surface area contributed by atoms with Gasteiger partial charge in [0.2, 0.25) is 5.91 Å². The van der Waals surface area contributed by atoms with Crippen LogP contribution in [-0.4, -0.2) is 60.7 Å². The molecule has 4 rings (SSSR count). The zero-order valence-corrected chi connectivity index (χ0v) is 22.1. The van der Waals surface area contributed by atoms with Crippen molar-refractivity contribution in [2.24, 2.45) is 5.92 Å². The molecule has 0 N–H and O–H groups in total. The number of benzene rings is 2. The Morgan fingerprint density at radius 2 is 1.64 bits per heavy atom. The van der Waals surface area contributed by atoms with E-state index in [-0.39, 0.29) is 30.1 Å². The first-order valence-electron chi connectivity index (χ1n) is 12.7. The van der Waals surface area contributed by atoms with Crippen LogP contribution in [0.2, 0.25) is 0 Å². The molecule has 1 saturated heterocycles. The van der Waals surface area contributed by atoms with E-state index in [0.717, 1.165) is 76.0 Å². The number of Topliss-reactive ketones (excluding diaryl/α,β-unsaturated/α-hetero) is 1. The number of likely N-dealkylation sites (tertiary alicyclic amines) is 1. The van der Waals surface area contributed by atoms with Crippen LogP contribution < -0.4 is 0 Å². The average Bonchev–Trinajstić information content (AvgIpc) is 3.09. The number of rotatable bonds is 7. The van der Waals surface area contributed by atoms with Gasteiger partial charge in [-0.25, -0.2) is 4.79 Å². The molecule has 1 fully saturated rings. The Kier molecular flexibility index (Phi) is 10.1. The number of methoxy groups -OCH3 is 1. The summed E-state index contributed by atoms with van der Waals surface area (Å²) in [5.41, 5.74) is 5.10. The molecular formula is C29H37ClN2O4. The number of ether oxygens (including phenoxy) is 1. The lowest BCUT2D eigenvalue weighted by atomic mass is 9.89. The summed E-state index contributed by atoms with van der Waals surface area (Å²) in [4.78, 5) is 40.6. The van der Waals surface area contributed by atoms with Crippen molar-refractivity contribution in [2.45, 2.75) is 52.0 Å². The third-order valence-electron chi connectivity index (χ3n) is 7.52. The largest absolute Gasteiger partial charge is 0.465 e. The van der Waals surface area contributed by atoms with Gasteiger partial charge in [0.15, 0.2) is 5.78 Å². The van der Waals surface area contributed by atoms with Gasteiger partial charge in [-0.05, 0) is 72.9 Å². The molecular weight excluding hydrogens is 476 g/mol. The van der Waals surface area contributed by atoms with Crippen LogP contribution in [0, 0.1) is 5.92 Å². The van der Waals surface area contributed by atoms with E-state index in [4.69, 9.17) is 4.74 Å². The third-order valence-corrected chi connectivity index (χ3v) is 7.52. The number of ketones is 1. The number of halogens is 1. The average molecular weight is 513 g/mol. The number of esters is 1. The first kappa shape index (κ1) is 27.9. The molecule has 0 radical (unpaired) electrons. The molecule has 2 aromatic rings. The lowest BCUT2D eigenvalue weighted by Crippen LogP contribution is -2.37. The highest BCUT2D eigenvalue weighted by Gasteiger charge is 2.22. The summed E-state index contributed by atoms with van der Waals surface area (Å²) in [5.74, 6) is 0.593. The van der Waals surface area contributed by atoms with Crippen molar-refractivity contribution in [2.75, 3.05) is 33.3 Å². The normalized spacial score (nSPS) is 16.4. The predicted octanol–water partition coefficient (Wildman–Crippen LogP) is 4.72. The Morgan fingerprint density at radius 1 is 0.917 bits per heavy atom. The quantitative estimate of drug-likeness (QED) is 0.397. The summed E-state index contributed by atoms with van der Waals surface area (Å²) in [7, 11) is 1.40. The van der Waals surface area contributed by atoms with E-state index in [2.05, 4.69) is 17.0 Å². The van der Waals surface area contributed by atoms with Crippen LogP contribution >= 0.6 is 12.4 Å². The maximum absolute atomic E-state index is 12.9. The highest BCUT2D eigenvalue weighted by molar-refractivity contribution is 5.96. The van der Waals surface area contributed by atoms with Crippen molar-refractivity contribution in [3.8, 4) is 0 Å². The van der Waals surface area contributed by atoms with Gasteiger partial charge < -0.3 is 9.64 Å². The maximum atomic E-state index is 12.9. The Bertz CT molecular complexity index is 1080. The zero-order valence-electron chi connectivity index (χ0n) is 21.3. The molecule has 1 amide bonds. The minimum absolute atomic E-state index is 0. The van der Waals surface area contributed by atoms with Gasteiger partial charge in [-0.1, -0.05) is 24.3 Å². The van der Waals surface area contributed by atoms with Crippen molar-refractivity contribution in [3.05, 3.63) is 70.3 Å². The van der Waals surface area contributed by atoms with Gasteiger partial charge in [0.25, 0.3) is 0 Å². The minimum atomic E-state index is -0.311. The Labute approximate surface area is 220 Å². The number of hydrogen-bond acceptors (Lipinski definition) is 5. The fourth-order valence-corrected chi connectivity index (χ4v) is 5.29. The lowest BCUT2D eigenvalue weighted by molar-refractivity contribution is -0.130. The van der Waals surface area contributed by atoms with Gasteiger partial charge in [0.1, 0.15) is 0 Å². The maximum Gasteiger partial charge on any atom is 0.337 e. The van der Waals surface area contributed by atoms with E-state index < -0.39 is 0 Å². The van der Waals surface area contributed by atoms with Gasteiger partial charge in [-0.15, -0.1) is 12.4 Å². The van der Waals surface area contributed by atoms with Gasteiger partial charge in [0, 0.05) is 51.6 Å². The molecule has 2 aliphatic rings. The standard InChI is InChI=1S/C29H36N2O4.ClH/c1-21(32)31-16-10-22(11-17-31)6-9-28(33)26-8-7-24-12-14-30(15-13-25(24)19-26)20-23-4-3-5-27(18-23)29(34)35-2;/h3-5,7-8,18-19,22H,6,9-17,20H2,1-2H3;1H. The molecule has 6 nitrogen and oxygen atoms in total. The highest BCUT2D eigenvalue weighted by Crippen LogP contribution is 2.25. The van der Waals surface area contributed by atoms with Gasteiger partial charge in [-0.3, -0.25) is 14.5 Å². The first-order chi connectivity index (χ1) is 16.9. The number of piperidine rings is 1. The molecule has 2 aliphatic heterocycles. The number of nitrogens with zero attached hydrogens (tertiary/aromatic N) is 2. The monoisotopic (exact) mass is 512 g/mol. The van der Waals surface area contributed by atoms with Gasteiger partial charge >= 0.3 is 5.97 Å². The molecule has 36 heavy (non-hydrogen) atoms. The molecule has 0 unspecified atom stereocenters. The molecule has 2 heterocycles.